The number of nitro groups is 1. The summed E-state index contributed by atoms with van der Waals surface area (Å²) in [6, 6.07) is 10.9. The Morgan fingerprint density at radius 1 is 1.29 bits per heavy atom. The van der Waals surface area contributed by atoms with Crippen molar-refractivity contribution in [1.29, 1.82) is 0 Å². The fraction of sp³-hybridized carbons (Fsp3) is 0.294. The summed E-state index contributed by atoms with van der Waals surface area (Å²) in [5, 5.41) is 14.0. The summed E-state index contributed by atoms with van der Waals surface area (Å²) in [7, 11) is 1.60. The maximum atomic E-state index is 13.2. The van der Waals surface area contributed by atoms with Crippen LogP contribution < -0.4 is 15.8 Å². The number of rotatable bonds is 7. The third kappa shape index (κ3) is 4.66. The van der Waals surface area contributed by atoms with Crippen LogP contribution in [-0.2, 0) is 6.42 Å². The highest BCUT2D eigenvalue weighted by Crippen LogP contribution is 2.25. The summed E-state index contributed by atoms with van der Waals surface area (Å²) in [6.45, 7) is 2.14. The third-order valence-corrected chi connectivity index (χ3v) is 3.61. The molecule has 0 aliphatic rings. The number of anilines is 1. The first-order valence-electron chi connectivity index (χ1n) is 7.40. The molecule has 0 aromatic heterocycles. The van der Waals surface area contributed by atoms with Gasteiger partial charge in [-0.05, 0) is 43.2 Å². The molecular formula is C17H20FN3O3. The van der Waals surface area contributed by atoms with Crippen molar-refractivity contribution in [2.24, 2.45) is 5.73 Å². The normalized spacial score (nSPS) is 13.2. The van der Waals surface area contributed by atoms with Crippen LogP contribution in [0, 0.1) is 15.9 Å². The van der Waals surface area contributed by atoms with Crippen LogP contribution in [0.5, 0.6) is 5.75 Å². The summed E-state index contributed by atoms with van der Waals surface area (Å²) < 4.78 is 18.3. The predicted octanol–water partition coefficient (Wildman–Crippen LogP) is 3.11. The quantitative estimate of drug-likeness (QED) is 0.600. The number of ether oxygens (including phenoxy) is 1. The molecule has 1 atom stereocenters. The van der Waals surface area contributed by atoms with E-state index in [-0.39, 0.29) is 11.4 Å². The highest BCUT2D eigenvalue weighted by atomic mass is 19.1. The van der Waals surface area contributed by atoms with Crippen molar-refractivity contribution in [3.8, 4) is 5.75 Å². The van der Waals surface area contributed by atoms with Crippen LogP contribution >= 0.6 is 0 Å². The van der Waals surface area contributed by atoms with Gasteiger partial charge in [0.1, 0.15) is 17.3 Å². The van der Waals surface area contributed by atoms with Crippen molar-refractivity contribution in [1.82, 2.24) is 0 Å². The van der Waals surface area contributed by atoms with Gasteiger partial charge in [-0.1, -0.05) is 12.1 Å². The molecule has 7 heteroatoms. The molecular weight excluding hydrogens is 313 g/mol. The molecule has 0 unspecified atom stereocenters. The lowest BCUT2D eigenvalue weighted by Crippen LogP contribution is -2.45. The monoisotopic (exact) mass is 333 g/mol. The summed E-state index contributed by atoms with van der Waals surface area (Å²) in [5.74, 6) is 0.110. The SMILES string of the molecule is COc1ccc(C[C@](C)(N)CNc2ccc(F)cc2[N+](=O)[O-])cc1. The summed E-state index contributed by atoms with van der Waals surface area (Å²) in [6.07, 6.45) is 0.568. The van der Waals surface area contributed by atoms with Gasteiger partial charge in [0.05, 0.1) is 18.1 Å². The van der Waals surface area contributed by atoms with Gasteiger partial charge in [-0.25, -0.2) is 4.39 Å². The number of halogens is 1. The minimum absolute atomic E-state index is 0.243. The molecule has 128 valence electrons. The first kappa shape index (κ1) is 17.7. The average molecular weight is 333 g/mol. The fourth-order valence-electron chi connectivity index (χ4n) is 2.37. The van der Waals surface area contributed by atoms with Crippen molar-refractivity contribution in [2.75, 3.05) is 19.0 Å². The fourth-order valence-corrected chi connectivity index (χ4v) is 2.37. The van der Waals surface area contributed by atoms with E-state index in [1.54, 1.807) is 7.11 Å². The van der Waals surface area contributed by atoms with Crippen LogP contribution in [0.15, 0.2) is 42.5 Å². The largest absolute Gasteiger partial charge is 0.497 e. The molecule has 0 fully saturated rings. The number of benzene rings is 2. The highest BCUT2D eigenvalue weighted by Gasteiger charge is 2.22. The molecule has 0 spiro atoms. The van der Waals surface area contributed by atoms with Gasteiger partial charge in [0.2, 0.25) is 0 Å². The molecule has 2 rings (SSSR count). The van der Waals surface area contributed by atoms with Gasteiger partial charge in [0.15, 0.2) is 0 Å². The zero-order valence-corrected chi connectivity index (χ0v) is 13.6. The van der Waals surface area contributed by atoms with E-state index in [2.05, 4.69) is 5.32 Å². The van der Waals surface area contributed by atoms with Gasteiger partial charge in [0, 0.05) is 12.1 Å². The average Bonchev–Trinajstić information content (AvgIpc) is 2.54. The van der Waals surface area contributed by atoms with E-state index in [0.717, 1.165) is 17.4 Å². The van der Waals surface area contributed by atoms with Crippen LogP contribution in [0.25, 0.3) is 0 Å². The molecule has 0 aliphatic carbocycles. The number of methoxy groups -OCH3 is 1. The summed E-state index contributed by atoms with van der Waals surface area (Å²) >= 11 is 0. The second kappa shape index (κ2) is 7.27. The Balaban J connectivity index is 2.05. The molecule has 3 N–H and O–H groups in total. The van der Waals surface area contributed by atoms with Gasteiger partial charge in [0.25, 0.3) is 5.69 Å². The Bertz CT molecular complexity index is 718. The third-order valence-electron chi connectivity index (χ3n) is 3.61. The maximum Gasteiger partial charge on any atom is 0.295 e. The van der Waals surface area contributed by atoms with Crippen molar-refractivity contribution in [3.05, 3.63) is 64.0 Å². The van der Waals surface area contributed by atoms with Crippen molar-refractivity contribution in [2.45, 2.75) is 18.9 Å². The zero-order valence-electron chi connectivity index (χ0n) is 13.6. The van der Waals surface area contributed by atoms with E-state index in [1.165, 1.54) is 12.1 Å². The Labute approximate surface area is 139 Å². The molecule has 0 aliphatic heterocycles. The molecule has 0 saturated carbocycles. The number of hydrogen-bond acceptors (Lipinski definition) is 5. The van der Waals surface area contributed by atoms with Crippen LogP contribution in [0.2, 0.25) is 0 Å². The molecule has 2 aromatic carbocycles. The van der Waals surface area contributed by atoms with Gasteiger partial charge in [-0.2, -0.15) is 0 Å². The van der Waals surface area contributed by atoms with Crippen molar-refractivity contribution in [3.63, 3.8) is 0 Å². The number of nitrogens with two attached hydrogens (primary N) is 1. The van der Waals surface area contributed by atoms with E-state index in [0.29, 0.717) is 13.0 Å². The lowest BCUT2D eigenvalue weighted by Gasteiger charge is -2.25. The molecule has 0 heterocycles. The lowest BCUT2D eigenvalue weighted by molar-refractivity contribution is -0.384. The highest BCUT2D eigenvalue weighted by molar-refractivity contribution is 5.61. The van der Waals surface area contributed by atoms with Crippen LogP contribution in [0.1, 0.15) is 12.5 Å². The number of hydrogen-bond donors (Lipinski definition) is 2. The second-order valence-electron chi connectivity index (χ2n) is 5.95. The smallest absolute Gasteiger partial charge is 0.295 e. The summed E-state index contributed by atoms with van der Waals surface area (Å²) in [5.41, 5.74) is 6.60. The Morgan fingerprint density at radius 3 is 2.54 bits per heavy atom. The minimum atomic E-state index is -0.652. The molecule has 0 radical (unpaired) electrons. The van der Waals surface area contributed by atoms with Crippen molar-refractivity contribution >= 4 is 11.4 Å². The van der Waals surface area contributed by atoms with Crippen LogP contribution in [0.4, 0.5) is 15.8 Å². The Kier molecular flexibility index (Phi) is 5.35. The first-order valence-corrected chi connectivity index (χ1v) is 7.40. The summed E-state index contributed by atoms with van der Waals surface area (Å²) in [4.78, 5) is 10.4. The minimum Gasteiger partial charge on any atom is -0.497 e. The zero-order chi connectivity index (χ0) is 17.7. The predicted molar refractivity (Wildman–Crippen MR) is 90.8 cm³/mol. The molecule has 6 nitrogen and oxygen atoms in total. The first-order chi connectivity index (χ1) is 11.3. The lowest BCUT2D eigenvalue weighted by atomic mass is 9.93. The topological polar surface area (TPSA) is 90.4 Å². The van der Waals surface area contributed by atoms with Crippen molar-refractivity contribution < 1.29 is 14.1 Å². The Hall–Kier alpha value is -2.67. The van der Waals surface area contributed by atoms with Gasteiger partial charge in [-0.15, -0.1) is 0 Å². The van der Waals surface area contributed by atoms with Crippen LogP contribution in [-0.4, -0.2) is 24.1 Å². The van der Waals surface area contributed by atoms with Gasteiger partial charge in [-0.3, -0.25) is 10.1 Å². The number of nitrogens with one attached hydrogen (secondary N) is 1. The molecule has 24 heavy (non-hydrogen) atoms. The maximum absolute atomic E-state index is 13.2. The molecule has 2 aromatic rings. The molecule has 0 amide bonds. The second-order valence-corrected chi connectivity index (χ2v) is 5.95. The molecule has 0 bridgehead atoms. The van der Waals surface area contributed by atoms with E-state index in [9.17, 15) is 14.5 Å². The van der Waals surface area contributed by atoms with E-state index < -0.39 is 16.3 Å². The van der Waals surface area contributed by atoms with E-state index in [1.807, 2.05) is 31.2 Å². The van der Waals surface area contributed by atoms with E-state index >= 15 is 0 Å². The Morgan fingerprint density at radius 2 is 1.96 bits per heavy atom. The van der Waals surface area contributed by atoms with Crippen LogP contribution in [0.3, 0.4) is 0 Å². The van der Waals surface area contributed by atoms with E-state index in [4.69, 9.17) is 10.5 Å². The molecule has 0 saturated heterocycles. The number of nitrogens with zero attached hydrogens (tertiary/aromatic N) is 1. The van der Waals surface area contributed by atoms with Gasteiger partial charge >= 0.3 is 0 Å². The standard InChI is InChI=1S/C17H20FN3O3/c1-17(19,10-12-3-6-14(24-2)7-4-12)11-20-15-8-5-13(18)9-16(15)21(22)23/h3-9,20H,10-11,19H2,1-2H3/t17-/m0/s1. The number of nitro benzene ring substituents is 1. The van der Waals surface area contributed by atoms with Gasteiger partial charge < -0.3 is 15.8 Å².